The summed E-state index contributed by atoms with van der Waals surface area (Å²) in [5, 5.41) is 0. The molecule has 0 nitrogen and oxygen atoms in total. The molecular weight excluding hydrogens is 471 g/mol. The first-order valence-corrected chi connectivity index (χ1v) is 8.18. The largest absolute Gasteiger partial charge is 0.697 e. The average Bonchev–Trinajstić information content (AvgIpc) is 2.43. The first-order valence-electron chi connectivity index (χ1n) is 6.54. The molecule has 0 spiro atoms. The number of rotatable bonds is 9. The van der Waals surface area contributed by atoms with E-state index in [1.54, 1.807) is 0 Å². The molecule has 0 aliphatic rings. The van der Waals surface area contributed by atoms with Crippen LogP contribution in [0.25, 0.3) is 0 Å². The lowest BCUT2D eigenvalue weighted by Crippen LogP contribution is -2.72. The van der Waals surface area contributed by atoms with E-state index in [1.807, 2.05) is 0 Å². The zero-order valence-corrected chi connectivity index (χ0v) is 13.6. The fourth-order valence-corrected chi connectivity index (χ4v) is 2.15. The SMILES string of the molecule is FC(CCCC(F)(F)F)C(F)(F)C(F)(F)C(F)(F)C(F)(F)C(F)(F)[Si](F)(F)F. The van der Waals surface area contributed by atoms with Gasteiger partial charge in [0.2, 0.25) is 0 Å². The van der Waals surface area contributed by atoms with Gasteiger partial charge in [-0.3, -0.25) is 0 Å². The van der Waals surface area contributed by atoms with Crippen molar-refractivity contribution in [2.45, 2.75) is 60.8 Å². The summed E-state index contributed by atoms with van der Waals surface area (Å²) in [6, 6.07) is 0. The Morgan fingerprint density at radius 3 is 1.32 bits per heavy atom. The molecule has 18 heteroatoms. The zero-order chi connectivity index (χ0) is 23.2. The second kappa shape index (κ2) is 7.37. The van der Waals surface area contributed by atoms with Gasteiger partial charge in [-0.15, -0.1) is 0 Å². The normalized spacial score (nSPS) is 17.0. The Labute approximate surface area is 145 Å². The van der Waals surface area contributed by atoms with Crippen LogP contribution in [0.1, 0.15) is 19.3 Å². The van der Waals surface area contributed by atoms with E-state index in [2.05, 4.69) is 0 Å². The van der Waals surface area contributed by atoms with E-state index in [0.717, 1.165) is 0 Å². The van der Waals surface area contributed by atoms with Gasteiger partial charge in [0.1, 0.15) is 0 Å². The second-order valence-electron chi connectivity index (χ2n) is 5.39. The van der Waals surface area contributed by atoms with Gasteiger partial charge in [-0.1, -0.05) is 0 Å². The van der Waals surface area contributed by atoms with Gasteiger partial charge in [0.05, 0.1) is 0 Å². The van der Waals surface area contributed by atoms with Crippen LogP contribution in [-0.4, -0.2) is 50.7 Å². The monoisotopic (exact) mass is 478 g/mol. The topological polar surface area (TPSA) is 0 Å². The smallest absolute Gasteiger partial charge is 0.241 e. The minimum Gasteiger partial charge on any atom is -0.241 e. The van der Waals surface area contributed by atoms with E-state index in [0.29, 0.717) is 0 Å². The molecule has 1 atom stereocenters. The molecule has 0 amide bonds. The minimum atomic E-state index is -9.20. The van der Waals surface area contributed by atoms with Gasteiger partial charge in [0, 0.05) is 6.42 Å². The van der Waals surface area contributed by atoms with Gasteiger partial charge in [-0.05, 0) is 12.8 Å². The quantitative estimate of drug-likeness (QED) is 0.199. The van der Waals surface area contributed by atoms with Crippen LogP contribution in [-0.2, 0) is 0 Å². The third-order valence-corrected chi connectivity index (χ3v) is 4.29. The average molecular weight is 478 g/mol. The molecule has 0 saturated carbocycles. The van der Waals surface area contributed by atoms with Gasteiger partial charge in [0.15, 0.2) is 6.17 Å². The summed E-state index contributed by atoms with van der Waals surface area (Å²) >= 11 is 0. The van der Waals surface area contributed by atoms with Crippen molar-refractivity contribution in [2.75, 3.05) is 0 Å². The zero-order valence-electron chi connectivity index (χ0n) is 12.6. The first kappa shape index (κ1) is 27.0. The molecule has 0 bridgehead atoms. The van der Waals surface area contributed by atoms with Crippen LogP contribution >= 0.6 is 0 Å². The lowest BCUT2D eigenvalue weighted by Gasteiger charge is -2.40. The Hall–Kier alpha value is -0.973. The molecule has 0 fully saturated rings. The molecular formula is C10H7F17Si. The molecule has 0 aromatic rings. The molecule has 0 aromatic carbocycles. The van der Waals surface area contributed by atoms with Crippen molar-refractivity contribution in [2.24, 2.45) is 0 Å². The fourth-order valence-electron chi connectivity index (χ4n) is 1.64. The van der Waals surface area contributed by atoms with Crippen molar-refractivity contribution in [3.63, 3.8) is 0 Å². The lowest BCUT2D eigenvalue weighted by molar-refractivity contribution is -0.400. The highest BCUT2D eigenvalue weighted by Gasteiger charge is 2.92. The summed E-state index contributed by atoms with van der Waals surface area (Å²) in [5.74, 6) is -31.1. The van der Waals surface area contributed by atoms with Crippen LogP contribution in [0.3, 0.4) is 0 Å². The van der Waals surface area contributed by atoms with E-state index in [9.17, 15) is 73.8 Å². The Kier molecular flexibility index (Phi) is 7.12. The van der Waals surface area contributed by atoms with Crippen molar-refractivity contribution >= 4 is 9.08 Å². The molecule has 170 valence electrons. The predicted molar refractivity (Wildman–Crippen MR) is 58.6 cm³/mol. The second-order valence-corrected chi connectivity index (χ2v) is 7.02. The van der Waals surface area contributed by atoms with Crippen molar-refractivity contribution < 1.29 is 73.8 Å². The van der Waals surface area contributed by atoms with Gasteiger partial charge < -0.3 is 0 Å². The highest BCUT2D eigenvalue weighted by molar-refractivity contribution is 6.61. The third-order valence-electron chi connectivity index (χ3n) is 3.27. The highest BCUT2D eigenvalue weighted by atomic mass is 28.5. The van der Waals surface area contributed by atoms with Crippen LogP contribution in [0, 0.1) is 0 Å². The Morgan fingerprint density at radius 2 is 1.00 bits per heavy atom. The summed E-state index contributed by atoms with van der Waals surface area (Å²) in [7, 11) is -9.20. The highest BCUT2D eigenvalue weighted by Crippen LogP contribution is 2.60. The van der Waals surface area contributed by atoms with Gasteiger partial charge in [-0.2, -0.15) is 57.1 Å². The van der Waals surface area contributed by atoms with Crippen LogP contribution in [0.5, 0.6) is 0 Å². The van der Waals surface area contributed by atoms with Crippen LogP contribution < -0.4 is 0 Å². The predicted octanol–water partition coefficient (Wildman–Crippen LogP) is 6.62. The Bertz CT molecular complexity index is 529. The molecule has 0 aromatic heterocycles. The molecule has 0 saturated heterocycles. The van der Waals surface area contributed by atoms with Crippen molar-refractivity contribution in [1.29, 1.82) is 0 Å². The van der Waals surface area contributed by atoms with E-state index in [4.69, 9.17) is 0 Å². The van der Waals surface area contributed by atoms with Crippen LogP contribution in [0.15, 0.2) is 0 Å². The molecule has 0 radical (unpaired) electrons. The lowest BCUT2D eigenvalue weighted by atomic mass is 9.93. The molecule has 0 aliphatic carbocycles. The fraction of sp³-hybridized carbons (Fsp3) is 1.00. The maximum atomic E-state index is 13.2. The Balaban J connectivity index is 5.91. The summed E-state index contributed by atoms with van der Waals surface area (Å²) < 4.78 is 214. The molecule has 0 rings (SSSR count). The van der Waals surface area contributed by atoms with Gasteiger partial charge in [0.25, 0.3) is 0 Å². The minimum absolute atomic E-state index is 1.73. The van der Waals surface area contributed by atoms with Crippen molar-refractivity contribution in [1.82, 2.24) is 0 Å². The summed E-state index contributed by atoms with van der Waals surface area (Å²) in [6.07, 6.45) is -15.9. The standard InChI is InChI=1S/C10H7F17Si/c11-4(2-1-3-5(12,13)14)6(15,16)7(17,18)8(19,20)9(21,22)10(23,24)28(25,26)27/h4H,1-3H2. The maximum absolute atomic E-state index is 13.2. The van der Waals surface area contributed by atoms with Crippen molar-refractivity contribution in [3.8, 4) is 0 Å². The van der Waals surface area contributed by atoms with E-state index >= 15 is 0 Å². The summed E-state index contributed by atoms with van der Waals surface area (Å²) in [4.78, 5) is 0. The number of halogens is 17. The maximum Gasteiger partial charge on any atom is 0.697 e. The van der Waals surface area contributed by atoms with Gasteiger partial charge >= 0.3 is 44.5 Å². The summed E-state index contributed by atoms with van der Waals surface area (Å²) in [5.41, 5.74) is -7.81. The van der Waals surface area contributed by atoms with Crippen LogP contribution in [0.2, 0.25) is 0 Å². The van der Waals surface area contributed by atoms with Crippen LogP contribution in [0.4, 0.5) is 73.8 Å². The van der Waals surface area contributed by atoms with E-state index < -0.39 is 69.9 Å². The van der Waals surface area contributed by atoms with Gasteiger partial charge in [-0.25, -0.2) is 16.7 Å². The molecule has 0 N–H and O–H groups in total. The molecule has 28 heavy (non-hydrogen) atoms. The molecule has 1 unspecified atom stereocenters. The Morgan fingerprint density at radius 1 is 0.607 bits per heavy atom. The molecule has 0 aliphatic heterocycles. The molecule has 0 heterocycles. The number of hydrogen-bond donors (Lipinski definition) is 0. The number of alkyl halides is 14. The summed E-state index contributed by atoms with van der Waals surface area (Å²) in [6.45, 7) is 0. The van der Waals surface area contributed by atoms with E-state index in [1.165, 1.54) is 0 Å². The third kappa shape index (κ3) is 4.44. The number of hydrogen-bond acceptors (Lipinski definition) is 0. The van der Waals surface area contributed by atoms with Crippen molar-refractivity contribution in [3.05, 3.63) is 0 Å². The van der Waals surface area contributed by atoms with E-state index in [-0.39, 0.29) is 0 Å². The first-order chi connectivity index (χ1) is 11.9.